The Balaban J connectivity index is 2.91. The number of aliphatic hydroxyl groups is 1. The van der Waals surface area contributed by atoms with Crippen molar-refractivity contribution in [3.8, 4) is 0 Å². The number of carbonyl (C=O) groups excluding carboxylic acids is 3. The lowest BCUT2D eigenvalue weighted by Gasteiger charge is -2.29. The predicted molar refractivity (Wildman–Crippen MR) is 121 cm³/mol. The van der Waals surface area contributed by atoms with Crippen molar-refractivity contribution in [1.29, 1.82) is 0 Å². The SMILES string of the molecule is CC(C)CC(N)C(=O)N1CCCC1C(=O)NC(CCCN=C(N)N)C(=O)NC(CO)C(=O)O. The lowest BCUT2D eigenvalue weighted by molar-refractivity contribution is -0.144. The third kappa shape index (κ3) is 9.22. The lowest BCUT2D eigenvalue weighted by atomic mass is 10.0. The molecule has 188 valence electrons. The van der Waals surface area contributed by atoms with Gasteiger partial charge in [-0.05, 0) is 38.0 Å². The van der Waals surface area contributed by atoms with E-state index in [1.807, 2.05) is 13.8 Å². The number of carboxylic acid groups (broad SMARTS) is 1. The number of amides is 3. The second kappa shape index (κ2) is 13.6. The van der Waals surface area contributed by atoms with E-state index < -0.39 is 48.6 Å². The minimum atomic E-state index is -1.52. The highest BCUT2D eigenvalue weighted by molar-refractivity contribution is 5.94. The fourth-order valence-electron chi connectivity index (χ4n) is 3.62. The van der Waals surface area contributed by atoms with Gasteiger partial charge in [0.25, 0.3) is 0 Å². The van der Waals surface area contributed by atoms with E-state index in [9.17, 15) is 24.3 Å². The molecule has 13 heteroatoms. The van der Waals surface area contributed by atoms with Crippen LogP contribution in [-0.4, -0.2) is 88.6 Å². The molecule has 0 aromatic carbocycles. The Kier molecular flexibility index (Phi) is 11.6. The Morgan fingerprint density at radius 1 is 1.15 bits per heavy atom. The van der Waals surface area contributed by atoms with Crippen molar-refractivity contribution in [3.05, 3.63) is 0 Å². The molecule has 0 bridgehead atoms. The molecule has 0 spiro atoms. The summed E-state index contributed by atoms with van der Waals surface area (Å²) < 4.78 is 0. The van der Waals surface area contributed by atoms with Crippen molar-refractivity contribution < 1.29 is 29.4 Å². The third-order valence-electron chi connectivity index (χ3n) is 5.26. The topological polar surface area (TPSA) is 226 Å². The van der Waals surface area contributed by atoms with Crippen LogP contribution in [0.25, 0.3) is 0 Å². The number of rotatable bonds is 13. The fourth-order valence-corrected chi connectivity index (χ4v) is 3.62. The molecule has 13 nitrogen and oxygen atoms in total. The average Bonchev–Trinajstić information content (AvgIpc) is 3.22. The highest BCUT2D eigenvalue weighted by Gasteiger charge is 2.37. The molecule has 0 aromatic rings. The molecule has 1 saturated heterocycles. The zero-order valence-corrected chi connectivity index (χ0v) is 19.2. The van der Waals surface area contributed by atoms with Gasteiger partial charge in [0.2, 0.25) is 17.7 Å². The van der Waals surface area contributed by atoms with Gasteiger partial charge in [-0.1, -0.05) is 13.8 Å². The van der Waals surface area contributed by atoms with Crippen LogP contribution in [0.1, 0.15) is 46.0 Å². The minimum absolute atomic E-state index is 0.111. The van der Waals surface area contributed by atoms with E-state index in [2.05, 4.69) is 15.6 Å². The summed E-state index contributed by atoms with van der Waals surface area (Å²) in [5.41, 5.74) is 16.6. The van der Waals surface area contributed by atoms with Crippen molar-refractivity contribution in [1.82, 2.24) is 15.5 Å². The number of nitrogens with zero attached hydrogens (tertiary/aromatic N) is 2. The second-order valence-corrected chi connectivity index (χ2v) is 8.52. The summed E-state index contributed by atoms with van der Waals surface area (Å²) in [5, 5.41) is 23.1. The number of nitrogens with one attached hydrogen (secondary N) is 2. The molecule has 10 N–H and O–H groups in total. The van der Waals surface area contributed by atoms with Crippen molar-refractivity contribution >= 4 is 29.7 Å². The normalized spacial score (nSPS) is 18.3. The van der Waals surface area contributed by atoms with Crippen LogP contribution in [0.2, 0.25) is 0 Å². The number of hydrogen-bond acceptors (Lipinski definition) is 7. The first-order valence-corrected chi connectivity index (χ1v) is 11.0. The number of aliphatic carboxylic acids is 1. The maximum Gasteiger partial charge on any atom is 0.328 e. The van der Waals surface area contributed by atoms with E-state index in [0.29, 0.717) is 32.2 Å². The number of hydrogen-bond donors (Lipinski definition) is 7. The molecule has 1 rings (SSSR count). The van der Waals surface area contributed by atoms with Gasteiger partial charge in [-0.25, -0.2) is 4.79 Å². The largest absolute Gasteiger partial charge is 0.480 e. The first kappa shape index (κ1) is 28.1. The molecule has 1 fully saturated rings. The summed E-state index contributed by atoms with van der Waals surface area (Å²) in [7, 11) is 0. The van der Waals surface area contributed by atoms with Crippen LogP contribution in [0.15, 0.2) is 4.99 Å². The monoisotopic (exact) mass is 471 g/mol. The van der Waals surface area contributed by atoms with Gasteiger partial charge in [0.15, 0.2) is 5.96 Å². The van der Waals surface area contributed by atoms with Crippen LogP contribution in [0.3, 0.4) is 0 Å². The Morgan fingerprint density at radius 3 is 2.36 bits per heavy atom. The summed E-state index contributed by atoms with van der Waals surface area (Å²) in [5.74, 6) is -2.95. The van der Waals surface area contributed by atoms with Gasteiger partial charge in [0.05, 0.1) is 12.6 Å². The third-order valence-corrected chi connectivity index (χ3v) is 5.26. The summed E-state index contributed by atoms with van der Waals surface area (Å²) in [6.45, 7) is 3.67. The molecule has 0 saturated carbocycles. The van der Waals surface area contributed by atoms with Gasteiger partial charge in [0, 0.05) is 13.1 Å². The molecule has 3 amide bonds. The molecule has 33 heavy (non-hydrogen) atoms. The number of guanidine groups is 1. The van der Waals surface area contributed by atoms with Crippen LogP contribution < -0.4 is 27.8 Å². The molecule has 1 aliphatic rings. The smallest absolute Gasteiger partial charge is 0.328 e. The second-order valence-electron chi connectivity index (χ2n) is 8.52. The maximum atomic E-state index is 13.0. The Bertz CT molecular complexity index is 726. The molecule has 1 heterocycles. The van der Waals surface area contributed by atoms with Gasteiger partial charge < -0.3 is 42.9 Å². The summed E-state index contributed by atoms with van der Waals surface area (Å²) >= 11 is 0. The molecule has 0 radical (unpaired) electrons. The summed E-state index contributed by atoms with van der Waals surface area (Å²) in [6.07, 6.45) is 1.95. The molecule has 1 aliphatic heterocycles. The number of carboxylic acids is 1. The first-order chi connectivity index (χ1) is 15.5. The van der Waals surface area contributed by atoms with Gasteiger partial charge >= 0.3 is 5.97 Å². The Labute approximate surface area is 193 Å². The Morgan fingerprint density at radius 2 is 1.82 bits per heavy atom. The Hall–Kier alpha value is -2.93. The fraction of sp³-hybridized carbons (Fsp3) is 0.750. The zero-order chi connectivity index (χ0) is 25.1. The zero-order valence-electron chi connectivity index (χ0n) is 19.2. The molecule has 4 atom stereocenters. The average molecular weight is 472 g/mol. The van der Waals surface area contributed by atoms with Crippen LogP contribution in [-0.2, 0) is 19.2 Å². The van der Waals surface area contributed by atoms with Crippen molar-refractivity contribution in [3.63, 3.8) is 0 Å². The van der Waals surface area contributed by atoms with Gasteiger partial charge in [-0.15, -0.1) is 0 Å². The van der Waals surface area contributed by atoms with Crippen LogP contribution in [0.5, 0.6) is 0 Å². The van der Waals surface area contributed by atoms with E-state index in [4.69, 9.17) is 22.3 Å². The number of carbonyl (C=O) groups is 4. The lowest BCUT2D eigenvalue weighted by Crippen LogP contribution is -2.57. The first-order valence-electron chi connectivity index (χ1n) is 11.0. The molecule has 4 unspecified atom stereocenters. The van der Waals surface area contributed by atoms with E-state index >= 15 is 0 Å². The molecule has 0 aromatic heterocycles. The highest BCUT2D eigenvalue weighted by atomic mass is 16.4. The summed E-state index contributed by atoms with van der Waals surface area (Å²) in [6, 6.07) is -4.13. The standard InChI is InChI=1S/C20H37N7O6/c1-11(2)9-12(21)18(31)27-8-4-6-15(27)17(30)25-13(5-3-7-24-20(22)23)16(29)26-14(10-28)19(32)33/h11-15,28H,3-10,21H2,1-2H3,(H,25,30)(H,26,29)(H,32,33)(H4,22,23,24). The molecular formula is C20H37N7O6. The van der Waals surface area contributed by atoms with E-state index in [1.165, 1.54) is 4.90 Å². The van der Waals surface area contributed by atoms with Crippen LogP contribution in [0, 0.1) is 5.92 Å². The maximum absolute atomic E-state index is 13.0. The van der Waals surface area contributed by atoms with Gasteiger partial charge in [-0.2, -0.15) is 0 Å². The summed E-state index contributed by atoms with van der Waals surface area (Å²) in [4.78, 5) is 54.8. The number of aliphatic imine (C=N–C) groups is 1. The van der Waals surface area contributed by atoms with Crippen molar-refractivity contribution in [2.75, 3.05) is 19.7 Å². The van der Waals surface area contributed by atoms with Gasteiger partial charge in [-0.3, -0.25) is 19.4 Å². The highest BCUT2D eigenvalue weighted by Crippen LogP contribution is 2.20. The number of nitrogens with two attached hydrogens (primary N) is 3. The minimum Gasteiger partial charge on any atom is -0.480 e. The van der Waals surface area contributed by atoms with E-state index in [-0.39, 0.29) is 30.8 Å². The van der Waals surface area contributed by atoms with Crippen LogP contribution >= 0.6 is 0 Å². The molecule has 0 aliphatic carbocycles. The van der Waals surface area contributed by atoms with E-state index in [0.717, 1.165) is 0 Å². The quantitative estimate of drug-likeness (QED) is 0.0850. The van der Waals surface area contributed by atoms with Crippen molar-refractivity contribution in [2.45, 2.75) is 70.1 Å². The molecular weight excluding hydrogens is 434 g/mol. The van der Waals surface area contributed by atoms with E-state index in [1.54, 1.807) is 0 Å². The van der Waals surface area contributed by atoms with Crippen LogP contribution in [0.4, 0.5) is 0 Å². The predicted octanol–water partition coefficient (Wildman–Crippen LogP) is -2.55. The van der Waals surface area contributed by atoms with Crippen molar-refractivity contribution in [2.24, 2.45) is 28.1 Å². The van der Waals surface area contributed by atoms with Gasteiger partial charge in [0.1, 0.15) is 18.1 Å². The number of likely N-dealkylation sites (tertiary alicyclic amines) is 1. The number of aliphatic hydroxyl groups excluding tert-OH is 1.